The highest BCUT2D eigenvalue weighted by Gasteiger charge is 1.94. The van der Waals surface area contributed by atoms with E-state index >= 15 is 0 Å². The maximum Gasteiger partial charge on any atom is 0.309 e. The first-order valence-electron chi connectivity index (χ1n) is 6.20. The molecular weight excluding hydrogens is 216 g/mol. The summed E-state index contributed by atoms with van der Waals surface area (Å²) in [7, 11) is 0. The number of hydrogen-bond acceptors (Lipinski definition) is 2. The molecule has 0 radical (unpaired) electrons. The lowest BCUT2D eigenvalue weighted by atomic mass is 10.1. The topological polar surface area (TPSA) is 97.8 Å². The first kappa shape index (κ1) is 15.5. The lowest BCUT2D eigenvalue weighted by Gasteiger charge is -1.98. The van der Waals surface area contributed by atoms with E-state index in [4.69, 9.17) is 4.79 Å². The van der Waals surface area contributed by atoms with Gasteiger partial charge in [0.05, 0.1) is 0 Å². The number of primary amides is 2. The Morgan fingerprint density at radius 2 is 1.82 bits per heavy atom. The van der Waals surface area contributed by atoms with Gasteiger partial charge in [-0.3, -0.25) is 0 Å². The molecule has 5 nitrogen and oxygen atoms in total. The second kappa shape index (κ2) is 11.0. The van der Waals surface area contributed by atoms with E-state index in [1.165, 1.54) is 38.5 Å². The standard InChI is InChI=1S/C11H20N2.CH4N2O/c1-2-3-4-5-6-7-8-11-12-9-10-13-11;2-1(3)4/h9-10H,2-8H2,1H3,(H,12,13);(H4,2,3,4). The Bertz CT molecular complexity index is 268. The first-order chi connectivity index (χ1) is 8.16. The predicted molar refractivity (Wildman–Crippen MR) is 69.4 cm³/mol. The normalized spacial score (nSPS) is 9.47. The number of imidazole rings is 1. The van der Waals surface area contributed by atoms with E-state index in [1.54, 1.807) is 0 Å². The average molecular weight is 240 g/mol. The number of nitrogens with two attached hydrogens (primary N) is 2. The molecule has 0 unspecified atom stereocenters. The number of rotatable bonds is 7. The third-order valence-corrected chi connectivity index (χ3v) is 2.32. The molecule has 0 bridgehead atoms. The summed E-state index contributed by atoms with van der Waals surface area (Å²) in [6, 6.07) is -0.833. The SMILES string of the molecule is CCCCCCCCc1ncc[nH]1.NC(N)=O. The van der Waals surface area contributed by atoms with Crippen molar-refractivity contribution in [3.8, 4) is 0 Å². The second-order valence-electron chi connectivity index (χ2n) is 3.96. The van der Waals surface area contributed by atoms with E-state index in [0.29, 0.717) is 0 Å². The van der Waals surface area contributed by atoms with Crippen LogP contribution in [0, 0.1) is 0 Å². The Hall–Kier alpha value is -1.52. The molecule has 0 fully saturated rings. The van der Waals surface area contributed by atoms with Crippen LogP contribution in [0.2, 0.25) is 0 Å². The summed E-state index contributed by atoms with van der Waals surface area (Å²) in [4.78, 5) is 16.3. The van der Waals surface area contributed by atoms with Crippen molar-refractivity contribution in [3.05, 3.63) is 18.2 Å². The van der Waals surface area contributed by atoms with Gasteiger partial charge in [0.25, 0.3) is 0 Å². The van der Waals surface area contributed by atoms with Crippen molar-refractivity contribution >= 4 is 6.03 Å². The van der Waals surface area contributed by atoms with Crippen molar-refractivity contribution in [1.82, 2.24) is 9.97 Å². The van der Waals surface area contributed by atoms with Crippen LogP contribution in [-0.2, 0) is 6.42 Å². The van der Waals surface area contributed by atoms with E-state index < -0.39 is 6.03 Å². The zero-order valence-corrected chi connectivity index (χ0v) is 10.6. The maximum absolute atomic E-state index is 9.00. The number of aryl methyl sites for hydroxylation is 1. The molecule has 0 aliphatic rings. The van der Waals surface area contributed by atoms with Gasteiger partial charge in [-0.2, -0.15) is 0 Å². The molecule has 98 valence electrons. The van der Waals surface area contributed by atoms with Crippen molar-refractivity contribution in [2.24, 2.45) is 11.5 Å². The van der Waals surface area contributed by atoms with Gasteiger partial charge in [0, 0.05) is 18.8 Å². The van der Waals surface area contributed by atoms with Gasteiger partial charge in [0.2, 0.25) is 0 Å². The minimum atomic E-state index is -0.833. The number of amides is 2. The van der Waals surface area contributed by atoms with Crippen LogP contribution in [0.25, 0.3) is 0 Å². The number of urea groups is 1. The van der Waals surface area contributed by atoms with Crippen LogP contribution in [-0.4, -0.2) is 16.0 Å². The average Bonchev–Trinajstić information content (AvgIpc) is 2.75. The Morgan fingerprint density at radius 1 is 1.24 bits per heavy atom. The van der Waals surface area contributed by atoms with Crippen LogP contribution in [0.5, 0.6) is 0 Å². The summed E-state index contributed by atoms with van der Waals surface area (Å²) in [6.07, 6.45) is 13.0. The quantitative estimate of drug-likeness (QED) is 0.637. The van der Waals surface area contributed by atoms with Crippen molar-refractivity contribution < 1.29 is 4.79 Å². The highest BCUT2D eigenvalue weighted by atomic mass is 16.2. The van der Waals surface area contributed by atoms with E-state index in [1.807, 2.05) is 12.4 Å². The second-order valence-corrected chi connectivity index (χ2v) is 3.96. The van der Waals surface area contributed by atoms with E-state index in [-0.39, 0.29) is 0 Å². The number of aromatic nitrogens is 2. The highest BCUT2D eigenvalue weighted by Crippen LogP contribution is 2.07. The Labute approximate surface area is 103 Å². The molecule has 5 heteroatoms. The van der Waals surface area contributed by atoms with Crippen molar-refractivity contribution in [2.75, 3.05) is 0 Å². The van der Waals surface area contributed by atoms with Crippen LogP contribution in [0.4, 0.5) is 4.79 Å². The number of carbonyl (C=O) groups excluding carboxylic acids is 1. The molecule has 0 aliphatic heterocycles. The smallest absolute Gasteiger partial charge is 0.309 e. The fraction of sp³-hybridized carbons (Fsp3) is 0.667. The molecule has 1 rings (SSSR count). The zero-order chi connectivity index (χ0) is 12.9. The van der Waals surface area contributed by atoms with Crippen LogP contribution >= 0.6 is 0 Å². The monoisotopic (exact) mass is 240 g/mol. The fourth-order valence-corrected chi connectivity index (χ4v) is 1.51. The number of carbonyl (C=O) groups is 1. The number of aromatic amines is 1. The fourth-order valence-electron chi connectivity index (χ4n) is 1.51. The number of H-pyrrole nitrogens is 1. The summed E-state index contributed by atoms with van der Waals surface area (Å²) in [5.74, 6) is 1.13. The molecule has 0 aromatic carbocycles. The minimum absolute atomic E-state index is 0.833. The third kappa shape index (κ3) is 12.4. The number of hydrogen-bond donors (Lipinski definition) is 3. The summed E-state index contributed by atoms with van der Waals surface area (Å²) in [5, 5.41) is 0. The molecule has 1 aromatic heterocycles. The molecule has 0 aliphatic carbocycles. The molecule has 2 amide bonds. The lowest BCUT2D eigenvalue weighted by molar-refractivity contribution is 0.256. The lowest BCUT2D eigenvalue weighted by Crippen LogP contribution is -2.18. The van der Waals surface area contributed by atoms with Crippen LogP contribution in [0.1, 0.15) is 51.3 Å². The van der Waals surface area contributed by atoms with Gasteiger partial charge in [-0.05, 0) is 6.42 Å². The molecule has 17 heavy (non-hydrogen) atoms. The Morgan fingerprint density at radius 3 is 2.35 bits per heavy atom. The number of nitrogens with zero attached hydrogens (tertiary/aromatic N) is 1. The highest BCUT2D eigenvalue weighted by molar-refractivity contribution is 5.69. The summed E-state index contributed by atoms with van der Waals surface area (Å²) in [5.41, 5.74) is 8.50. The van der Waals surface area contributed by atoms with Gasteiger partial charge in [0.15, 0.2) is 0 Å². The van der Waals surface area contributed by atoms with Crippen LogP contribution in [0.15, 0.2) is 12.4 Å². The number of nitrogens with one attached hydrogen (secondary N) is 1. The molecule has 5 N–H and O–H groups in total. The largest absolute Gasteiger partial charge is 0.352 e. The van der Waals surface area contributed by atoms with Crippen LogP contribution < -0.4 is 11.5 Å². The minimum Gasteiger partial charge on any atom is -0.352 e. The molecule has 1 heterocycles. The molecule has 0 saturated heterocycles. The zero-order valence-electron chi connectivity index (χ0n) is 10.6. The number of unbranched alkanes of at least 4 members (excludes halogenated alkanes) is 5. The van der Waals surface area contributed by atoms with E-state index in [2.05, 4.69) is 28.4 Å². The molecule has 0 spiro atoms. The first-order valence-corrected chi connectivity index (χ1v) is 6.20. The van der Waals surface area contributed by atoms with Crippen molar-refractivity contribution in [2.45, 2.75) is 51.9 Å². The molecule has 1 aromatic rings. The van der Waals surface area contributed by atoms with Gasteiger partial charge in [-0.1, -0.05) is 39.0 Å². The summed E-state index contributed by atoms with van der Waals surface area (Å²) < 4.78 is 0. The van der Waals surface area contributed by atoms with Gasteiger partial charge >= 0.3 is 6.03 Å². The predicted octanol–water partition coefficient (Wildman–Crippen LogP) is 2.34. The molecular formula is C12H24N4O. The third-order valence-electron chi connectivity index (χ3n) is 2.32. The van der Waals surface area contributed by atoms with Crippen molar-refractivity contribution in [3.63, 3.8) is 0 Å². The van der Waals surface area contributed by atoms with Gasteiger partial charge < -0.3 is 16.5 Å². The van der Waals surface area contributed by atoms with E-state index in [0.717, 1.165) is 12.2 Å². The maximum atomic E-state index is 9.00. The summed E-state index contributed by atoms with van der Waals surface area (Å²) >= 11 is 0. The molecule has 0 saturated carbocycles. The van der Waals surface area contributed by atoms with E-state index in [9.17, 15) is 0 Å². The van der Waals surface area contributed by atoms with Gasteiger partial charge in [0.1, 0.15) is 5.82 Å². The van der Waals surface area contributed by atoms with Gasteiger partial charge in [-0.15, -0.1) is 0 Å². The molecule has 0 atom stereocenters. The van der Waals surface area contributed by atoms with Crippen LogP contribution in [0.3, 0.4) is 0 Å². The van der Waals surface area contributed by atoms with Gasteiger partial charge in [-0.25, -0.2) is 9.78 Å². The Balaban J connectivity index is 0.000000557. The Kier molecular flexibility index (Phi) is 10.00. The summed E-state index contributed by atoms with van der Waals surface area (Å²) in [6.45, 7) is 2.25. The van der Waals surface area contributed by atoms with Crippen molar-refractivity contribution in [1.29, 1.82) is 0 Å².